The van der Waals surface area contributed by atoms with E-state index in [2.05, 4.69) is 15.3 Å². The zero-order valence-electron chi connectivity index (χ0n) is 11.4. The van der Waals surface area contributed by atoms with Crippen LogP contribution in [0.15, 0.2) is 24.5 Å². The van der Waals surface area contributed by atoms with Crippen LogP contribution in [0.1, 0.15) is 10.5 Å². The first-order chi connectivity index (χ1) is 10.0. The second-order valence-corrected chi connectivity index (χ2v) is 4.37. The fourth-order valence-corrected chi connectivity index (χ4v) is 1.83. The zero-order valence-corrected chi connectivity index (χ0v) is 12.1. The number of methoxy groups -OCH3 is 2. The minimum atomic E-state index is -0.454. The Balaban J connectivity index is 2.29. The van der Waals surface area contributed by atoms with Crippen LogP contribution in [-0.2, 0) is 0 Å². The quantitative estimate of drug-likeness (QED) is 0.896. The highest BCUT2D eigenvalue weighted by Gasteiger charge is 2.14. The normalized spacial score (nSPS) is 10.0. The first kappa shape index (κ1) is 14.9. The van der Waals surface area contributed by atoms with Gasteiger partial charge in [0, 0.05) is 12.1 Å². The molecule has 21 heavy (non-hydrogen) atoms. The number of aromatic nitrogens is 2. The molecule has 8 heteroatoms. The number of nitrogens with zero attached hydrogens (tertiary/aromatic N) is 2. The third-order valence-corrected chi connectivity index (χ3v) is 2.92. The molecular formula is C13H13ClN4O3. The molecule has 0 aliphatic heterocycles. The van der Waals surface area contributed by atoms with Crippen LogP contribution < -0.4 is 20.5 Å². The van der Waals surface area contributed by atoms with Crippen LogP contribution in [0.2, 0.25) is 5.02 Å². The summed E-state index contributed by atoms with van der Waals surface area (Å²) in [6.45, 7) is 0. The molecule has 0 unspecified atom stereocenters. The summed E-state index contributed by atoms with van der Waals surface area (Å²) in [6, 6.07) is 3.11. The molecule has 3 N–H and O–H groups in total. The molecule has 7 nitrogen and oxygen atoms in total. The molecule has 2 aromatic rings. The Morgan fingerprint density at radius 3 is 2.48 bits per heavy atom. The van der Waals surface area contributed by atoms with Gasteiger partial charge in [0.25, 0.3) is 5.91 Å². The van der Waals surface area contributed by atoms with Crippen molar-refractivity contribution in [3.05, 3.63) is 35.2 Å². The van der Waals surface area contributed by atoms with E-state index >= 15 is 0 Å². The standard InChI is InChI=1S/C13H13ClN4O3/c1-20-10-4-8(11(21-2)3-7(10)14)18-13(19)9-5-17-12(15)6-16-9/h3-6H,1-2H3,(H2,15,17)(H,18,19). The van der Waals surface area contributed by atoms with Crippen molar-refractivity contribution < 1.29 is 14.3 Å². The Bertz CT molecular complexity index is 661. The van der Waals surface area contributed by atoms with Crippen LogP contribution in [-0.4, -0.2) is 30.1 Å². The number of benzene rings is 1. The summed E-state index contributed by atoms with van der Waals surface area (Å²) in [5, 5.41) is 3.03. The zero-order chi connectivity index (χ0) is 15.4. The van der Waals surface area contributed by atoms with Crippen molar-refractivity contribution in [3.63, 3.8) is 0 Å². The lowest BCUT2D eigenvalue weighted by atomic mass is 10.2. The van der Waals surface area contributed by atoms with Gasteiger partial charge in [-0.1, -0.05) is 11.6 Å². The van der Waals surface area contributed by atoms with Crippen molar-refractivity contribution in [3.8, 4) is 11.5 Å². The maximum Gasteiger partial charge on any atom is 0.275 e. The number of rotatable bonds is 4. The van der Waals surface area contributed by atoms with E-state index in [4.69, 9.17) is 26.8 Å². The summed E-state index contributed by atoms with van der Waals surface area (Å²) in [7, 11) is 2.95. The number of anilines is 2. The van der Waals surface area contributed by atoms with Gasteiger partial charge >= 0.3 is 0 Å². The van der Waals surface area contributed by atoms with Gasteiger partial charge in [0.2, 0.25) is 0 Å². The molecular weight excluding hydrogens is 296 g/mol. The molecule has 1 aromatic carbocycles. The Hall–Kier alpha value is -2.54. The van der Waals surface area contributed by atoms with Gasteiger partial charge in [-0.25, -0.2) is 9.97 Å². The van der Waals surface area contributed by atoms with Gasteiger partial charge in [-0.2, -0.15) is 0 Å². The van der Waals surface area contributed by atoms with Gasteiger partial charge in [0.1, 0.15) is 23.0 Å². The molecule has 0 radical (unpaired) electrons. The number of nitrogens with two attached hydrogens (primary N) is 1. The van der Waals surface area contributed by atoms with Crippen molar-refractivity contribution in [2.45, 2.75) is 0 Å². The lowest BCUT2D eigenvalue weighted by molar-refractivity contribution is 0.102. The summed E-state index contributed by atoms with van der Waals surface area (Å²) in [6.07, 6.45) is 2.58. The van der Waals surface area contributed by atoms with Crippen LogP contribution in [0.25, 0.3) is 0 Å². The Kier molecular flexibility index (Phi) is 4.44. The Morgan fingerprint density at radius 2 is 1.90 bits per heavy atom. The minimum Gasteiger partial charge on any atom is -0.495 e. The summed E-state index contributed by atoms with van der Waals surface area (Å²) < 4.78 is 10.3. The summed E-state index contributed by atoms with van der Waals surface area (Å²) >= 11 is 6.00. The SMILES string of the molecule is COc1cc(NC(=O)c2cnc(N)cn2)c(OC)cc1Cl. The summed E-state index contributed by atoms with van der Waals surface area (Å²) in [5.74, 6) is 0.594. The molecule has 0 fully saturated rings. The van der Waals surface area contributed by atoms with Crippen molar-refractivity contribution in [1.29, 1.82) is 0 Å². The number of nitrogen functional groups attached to an aromatic ring is 1. The molecule has 0 bridgehead atoms. The lowest BCUT2D eigenvalue weighted by Gasteiger charge is -2.12. The molecule has 0 aliphatic carbocycles. The summed E-state index contributed by atoms with van der Waals surface area (Å²) in [4.78, 5) is 19.8. The lowest BCUT2D eigenvalue weighted by Crippen LogP contribution is -2.15. The topological polar surface area (TPSA) is 99.4 Å². The van der Waals surface area contributed by atoms with Crippen molar-refractivity contribution in [2.24, 2.45) is 0 Å². The second kappa shape index (κ2) is 6.27. The largest absolute Gasteiger partial charge is 0.495 e. The third-order valence-electron chi connectivity index (χ3n) is 2.63. The fraction of sp³-hybridized carbons (Fsp3) is 0.154. The fourth-order valence-electron chi connectivity index (χ4n) is 1.60. The summed E-state index contributed by atoms with van der Waals surface area (Å²) in [5.41, 5.74) is 5.95. The van der Waals surface area contributed by atoms with Gasteiger partial charge in [-0.15, -0.1) is 0 Å². The number of nitrogens with one attached hydrogen (secondary N) is 1. The van der Waals surface area contributed by atoms with Crippen LogP contribution in [0, 0.1) is 0 Å². The van der Waals surface area contributed by atoms with Gasteiger partial charge < -0.3 is 20.5 Å². The van der Waals surface area contributed by atoms with Crippen molar-refractivity contribution in [2.75, 3.05) is 25.3 Å². The van der Waals surface area contributed by atoms with Gasteiger partial charge in [-0.05, 0) is 0 Å². The molecule has 1 amide bonds. The number of ether oxygens (including phenoxy) is 2. The minimum absolute atomic E-state index is 0.125. The van der Waals surface area contributed by atoms with E-state index < -0.39 is 5.91 Å². The van der Waals surface area contributed by atoms with Crippen LogP contribution >= 0.6 is 11.6 Å². The predicted molar refractivity (Wildman–Crippen MR) is 79.0 cm³/mol. The van der Waals surface area contributed by atoms with E-state index in [0.29, 0.717) is 22.2 Å². The third kappa shape index (κ3) is 3.32. The van der Waals surface area contributed by atoms with Crippen LogP contribution in [0.3, 0.4) is 0 Å². The number of amides is 1. The van der Waals surface area contributed by atoms with Gasteiger partial charge in [0.15, 0.2) is 0 Å². The Morgan fingerprint density at radius 1 is 1.19 bits per heavy atom. The molecule has 1 heterocycles. The number of hydrogen-bond acceptors (Lipinski definition) is 6. The molecule has 0 spiro atoms. The number of carbonyl (C=O) groups is 1. The second-order valence-electron chi connectivity index (χ2n) is 3.97. The first-order valence-electron chi connectivity index (χ1n) is 5.85. The highest BCUT2D eigenvalue weighted by atomic mass is 35.5. The van der Waals surface area contributed by atoms with Crippen molar-refractivity contribution >= 4 is 29.0 Å². The molecule has 110 valence electrons. The van der Waals surface area contributed by atoms with Crippen LogP contribution in [0.5, 0.6) is 11.5 Å². The highest BCUT2D eigenvalue weighted by Crippen LogP contribution is 2.35. The molecule has 1 aromatic heterocycles. The van der Waals surface area contributed by atoms with E-state index in [9.17, 15) is 4.79 Å². The number of hydrogen-bond donors (Lipinski definition) is 2. The smallest absolute Gasteiger partial charge is 0.275 e. The van der Waals surface area contributed by atoms with Crippen molar-refractivity contribution in [1.82, 2.24) is 9.97 Å². The molecule has 2 rings (SSSR count). The van der Waals surface area contributed by atoms with E-state index in [0.717, 1.165) is 0 Å². The van der Waals surface area contributed by atoms with Gasteiger partial charge in [0.05, 0.1) is 37.3 Å². The van der Waals surface area contributed by atoms with Gasteiger partial charge in [-0.3, -0.25) is 4.79 Å². The molecule has 0 saturated carbocycles. The van der Waals surface area contributed by atoms with E-state index in [-0.39, 0.29) is 11.5 Å². The maximum absolute atomic E-state index is 12.1. The molecule has 0 saturated heterocycles. The molecule has 0 atom stereocenters. The monoisotopic (exact) mass is 308 g/mol. The average Bonchev–Trinajstić information content (AvgIpc) is 2.49. The van der Waals surface area contributed by atoms with E-state index in [1.165, 1.54) is 26.6 Å². The number of halogens is 1. The van der Waals surface area contributed by atoms with Crippen LogP contribution in [0.4, 0.5) is 11.5 Å². The maximum atomic E-state index is 12.1. The van der Waals surface area contributed by atoms with E-state index in [1.54, 1.807) is 12.1 Å². The first-order valence-corrected chi connectivity index (χ1v) is 6.23. The van der Waals surface area contributed by atoms with E-state index in [1.807, 2.05) is 0 Å². The highest BCUT2D eigenvalue weighted by molar-refractivity contribution is 6.32. The Labute approximate surface area is 126 Å². The molecule has 0 aliphatic rings. The number of carbonyl (C=O) groups excluding carboxylic acids is 1. The average molecular weight is 309 g/mol. The predicted octanol–water partition coefficient (Wildman–Crippen LogP) is 1.98.